The number of hydrogen-bond donors (Lipinski definition) is 2. The van der Waals surface area contributed by atoms with E-state index in [1.165, 1.54) is 0 Å². The smallest absolute Gasteiger partial charge is 0.870 e. The molecule has 0 radical (unpaired) electrons. The molecule has 0 bridgehead atoms. The number of rotatable bonds is 6. The molecule has 30 heavy (non-hydrogen) atoms. The number of carbonyl (C=O) groups excluding carboxylic acids is 1. The average molecular weight is 472 g/mol. The summed E-state index contributed by atoms with van der Waals surface area (Å²) in [4.78, 5) is 11.4. The predicted octanol–water partition coefficient (Wildman–Crippen LogP) is -2.05. The van der Waals surface area contributed by atoms with Crippen molar-refractivity contribution >= 4 is 27.0 Å². The fourth-order valence-corrected chi connectivity index (χ4v) is 3.49. The molecule has 0 saturated carbocycles. The number of carbonyl (C=O) groups is 1. The predicted molar refractivity (Wildman–Crippen MR) is 96.6 cm³/mol. The third-order valence-corrected chi connectivity index (χ3v) is 5.08. The van der Waals surface area contributed by atoms with Crippen molar-refractivity contribution in [3.8, 4) is 23.0 Å². The monoisotopic (exact) mass is 472 g/mol. The molecule has 162 valence electrons. The summed E-state index contributed by atoms with van der Waals surface area (Å²) >= 11 is -2.76. The van der Waals surface area contributed by atoms with Crippen molar-refractivity contribution in [2.24, 2.45) is 0 Å². The Kier molecular flexibility index (Phi) is 11.8. The van der Waals surface area contributed by atoms with E-state index in [1.54, 1.807) is 0 Å². The number of aromatic hydroxyl groups is 2. The van der Waals surface area contributed by atoms with Crippen LogP contribution in [-0.2, 0) is 21.2 Å². The minimum absolute atomic E-state index is 0. The Balaban J connectivity index is 0. The first-order valence-corrected chi connectivity index (χ1v) is 9.42. The van der Waals surface area contributed by atoms with Gasteiger partial charge in [0.05, 0.1) is 30.2 Å². The van der Waals surface area contributed by atoms with E-state index in [-0.39, 0.29) is 42.5 Å². The second-order valence-electron chi connectivity index (χ2n) is 5.00. The maximum Gasteiger partial charge on any atom is 1.00 e. The molecule has 0 saturated heterocycles. The van der Waals surface area contributed by atoms with Gasteiger partial charge in [0.2, 0.25) is 5.78 Å². The Morgan fingerprint density at radius 1 is 1.00 bits per heavy atom. The van der Waals surface area contributed by atoms with Gasteiger partial charge >= 0.3 is 29.6 Å². The molecule has 2 aromatic rings. The Labute approximate surface area is 197 Å². The molecule has 0 amide bonds. The summed E-state index contributed by atoms with van der Waals surface area (Å²) in [6.07, 6.45) is 0. The van der Waals surface area contributed by atoms with Crippen LogP contribution in [0.5, 0.6) is 23.0 Å². The van der Waals surface area contributed by atoms with Crippen molar-refractivity contribution in [1.82, 2.24) is 0 Å². The second-order valence-corrected chi connectivity index (χ2v) is 7.26. The third-order valence-electron chi connectivity index (χ3n) is 3.54. The molecule has 0 spiro atoms. The maximum atomic E-state index is 12.7. The van der Waals surface area contributed by atoms with E-state index in [1.807, 2.05) is 0 Å². The van der Waals surface area contributed by atoms with Gasteiger partial charge in [0, 0.05) is 0 Å². The van der Waals surface area contributed by atoms with Crippen molar-refractivity contribution in [2.75, 3.05) is 14.2 Å². The van der Waals surface area contributed by atoms with Gasteiger partial charge in [-0.2, -0.15) is 0 Å². The topological polar surface area (TPSA) is 203 Å². The Morgan fingerprint density at radius 2 is 1.43 bits per heavy atom. The number of benzene rings is 2. The van der Waals surface area contributed by atoms with Crippen molar-refractivity contribution in [3.05, 3.63) is 35.4 Å². The van der Waals surface area contributed by atoms with Gasteiger partial charge in [0.15, 0.2) is 23.0 Å². The van der Waals surface area contributed by atoms with Crippen LogP contribution < -0.4 is 39.0 Å². The van der Waals surface area contributed by atoms with Gasteiger partial charge in [-0.25, -0.2) is 8.42 Å². The van der Waals surface area contributed by atoms with Gasteiger partial charge in [0.1, 0.15) is 15.0 Å². The zero-order valence-electron chi connectivity index (χ0n) is 15.2. The molecule has 0 heterocycles. The van der Waals surface area contributed by atoms with E-state index in [4.69, 9.17) is 9.47 Å². The first kappa shape index (κ1) is 30.5. The minimum Gasteiger partial charge on any atom is -0.870 e. The maximum absolute atomic E-state index is 12.7. The van der Waals surface area contributed by atoms with Crippen LogP contribution in [0.3, 0.4) is 0 Å². The summed E-state index contributed by atoms with van der Waals surface area (Å²) in [5.41, 5.74) is -0.927. The number of ether oxygens (including phenoxy) is 2. The van der Waals surface area contributed by atoms with Gasteiger partial charge < -0.3 is 34.3 Å². The van der Waals surface area contributed by atoms with Gasteiger partial charge in [-0.3, -0.25) is 9.00 Å². The summed E-state index contributed by atoms with van der Waals surface area (Å²) in [6, 6.07) is 3.61. The molecule has 1 atom stereocenters. The van der Waals surface area contributed by atoms with Gasteiger partial charge in [0.25, 0.3) is 0 Å². The van der Waals surface area contributed by atoms with E-state index in [9.17, 15) is 36.7 Å². The van der Waals surface area contributed by atoms with E-state index in [2.05, 4.69) is 0 Å². The van der Waals surface area contributed by atoms with Crippen molar-refractivity contribution in [3.63, 3.8) is 0 Å². The molecule has 2 aromatic carbocycles. The summed E-state index contributed by atoms with van der Waals surface area (Å²) in [6.45, 7) is 0. The number of phenols is 2. The van der Waals surface area contributed by atoms with Crippen LogP contribution in [-0.4, -0.2) is 57.4 Å². The molecular formula is C16H17NaO11S2-2. The quantitative estimate of drug-likeness (QED) is 0.203. The normalized spacial score (nSPS) is 11.2. The molecule has 0 fully saturated rings. The van der Waals surface area contributed by atoms with E-state index in [0.29, 0.717) is 0 Å². The largest absolute Gasteiger partial charge is 1.00 e. The zero-order valence-corrected chi connectivity index (χ0v) is 18.9. The molecule has 2 rings (SSSR count). The number of ketones is 1. The minimum atomic E-state index is -4.99. The van der Waals surface area contributed by atoms with Crippen LogP contribution in [0, 0.1) is 0 Å². The first-order chi connectivity index (χ1) is 12.5. The third kappa shape index (κ3) is 5.70. The van der Waals surface area contributed by atoms with Crippen LogP contribution in [0.15, 0.2) is 34.1 Å². The molecule has 0 aliphatic heterocycles. The number of phenolic OH excluding ortho intramolecular Hbond substituents is 2. The van der Waals surface area contributed by atoms with Crippen molar-refractivity contribution < 1.29 is 81.2 Å². The number of hydrogen-bond acceptors (Lipinski definition) is 11. The molecular weight excluding hydrogens is 455 g/mol. The van der Waals surface area contributed by atoms with Gasteiger partial charge in [-0.05, 0) is 35.3 Å². The SMILES string of the molecule is C.COc1c(S(=O)[O-])ccc(C(=O)c2ccc(S(=O)(=O)[O-])c(OC)c2O)c1O.[Na+].[OH-]. The molecule has 14 heteroatoms. The Morgan fingerprint density at radius 3 is 1.83 bits per heavy atom. The van der Waals surface area contributed by atoms with E-state index < -0.39 is 70.9 Å². The van der Waals surface area contributed by atoms with Crippen LogP contribution >= 0.6 is 0 Å². The van der Waals surface area contributed by atoms with E-state index in [0.717, 1.165) is 38.5 Å². The molecule has 3 N–H and O–H groups in total. The summed E-state index contributed by atoms with van der Waals surface area (Å²) in [5.74, 6) is -3.96. The molecule has 0 aromatic heterocycles. The van der Waals surface area contributed by atoms with Crippen LogP contribution in [0.1, 0.15) is 23.3 Å². The van der Waals surface area contributed by atoms with Crippen molar-refractivity contribution in [1.29, 1.82) is 0 Å². The fourth-order valence-electron chi connectivity index (χ4n) is 2.34. The molecule has 1 unspecified atom stereocenters. The van der Waals surface area contributed by atoms with Crippen molar-refractivity contribution in [2.45, 2.75) is 17.2 Å². The van der Waals surface area contributed by atoms with Crippen LogP contribution in [0.25, 0.3) is 0 Å². The first-order valence-electron chi connectivity index (χ1n) is 6.94. The van der Waals surface area contributed by atoms with E-state index >= 15 is 0 Å². The molecule has 11 nitrogen and oxygen atoms in total. The summed E-state index contributed by atoms with van der Waals surface area (Å²) in [7, 11) is -2.93. The van der Waals surface area contributed by atoms with Gasteiger partial charge in [-0.15, -0.1) is 0 Å². The van der Waals surface area contributed by atoms with Crippen LogP contribution in [0.4, 0.5) is 0 Å². The standard InChI is InChI=1S/C15H14O10S2.CH4.Na.H2O/c1-24-14-9(26(19)20)5-3-7(12(14)17)11(16)8-4-6-10(27(21,22)23)15(25-2)13(8)18;;;/h3-6,17-18H,1-2H3,(H,19,20)(H,21,22,23);1H4;;1H2/q;;+1;/p-3. The van der Waals surface area contributed by atoms with Gasteiger partial charge in [-0.1, -0.05) is 7.43 Å². The summed E-state index contributed by atoms with van der Waals surface area (Å²) < 4.78 is 65.4. The Hall–Kier alpha value is -1.71. The fraction of sp³-hybridized carbons (Fsp3) is 0.188. The average Bonchev–Trinajstić information content (AvgIpc) is 2.59. The summed E-state index contributed by atoms with van der Waals surface area (Å²) in [5, 5.41) is 20.3. The van der Waals surface area contributed by atoms with Crippen LogP contribution in [0.2, 0.25) is 0 Å². The second kappa shape index (κ2) is 11.6. The Bertz CT molecular complexity index is 1050. The molecule has 0 aliphatic carbocycles. The number of methoxy groups -OCH3 is 2. The molecule has 0 aliphatic rings. The zero-order chi connectivity index (χ0) is 20.5.